The first-order valence-corrected chi connectivity index (χ1v) is 11.8. The van der Waals surface area contributed by atoms with E-state index in [1.54, 1.807) is 6.20 Å². The van der Waals surface area contributed by atoms with Crippen LogP contribution in [0.25, 0.3) is 10.9 Å². The van der Waals surface area contributed by atoms with Gasteiger partial charge in [-0.2, -0.15) is 0 Å². The number of hydrogen-bond acceptors (Lipinski definition) is 5. The minimum Gasteiger partial charge on any atom is -0.354 e. The van der Waals surface area contributed by atoms with Gasteiger partial charge >= 0.3 is 0 Å². The van der Waals surface area contributed by atoms with Crippen molar-refractivity contribution in [2.75, 3.05) is 25.4 Å². The van der Waals surface area contributed by atoms with E-state index < -0.39 is 0 Å². The zero-order valence-corrected chi connectivity index (χ0v) is 18.4. The molecule has 0 aliphatic carbocycles. The third kappa shape index (κ3) is 6.27. The molecule has 0 unspecified atom stereocenters. The molecule has 2 aromatic heterocycles. The molecule has 1 aliphatic rings. The predicted molar refractivity (Wildman–Crippen MR) is 121 cm³/mol. The molecule has 1 aromatic carbocycles. The normalized spacial score (nSPS) is 14.8. The van der Waals surface area contributed by atoms with Crippen LogP contribution in [0, 0.1) is 5.82 Å². The standard InChI is InChI=1S/C23H28FN5OS/c24-18-5-6-20-21(13-18)25-8-7-22(20)31-12-4-2-1-3-10-29-15-19(27-17-29)14-28-11-9-26-23(30)16-28/h5-8,13,15,17H,1-4,9-12,14,16H2,(H,26,30). The highest BCUT2D eigenvalue weighted by Crippen LogP contribution is 2.28. The van der Waals surface area contributed by atoms with E-state index in [0.29, 0.717) is 18.6 Å². The highest BCUT2D eigenvalue weighted by Gasteiger charge is 2.16. The summed E-state index contributed by atoms with van der Waals surface area (Å²) < 4.78 is 15.5. The summed E-state index contributed by atoms with van der Waals surface area (Å²) >= 11 is 1.82. The van der Waals surface area contributed by atoms with Crippen LogP contribution in [-0.4, -0.2) is 50.7 Å². The smallest absolute Gasteiger partial charge is 0.234 e. The molecule has 0 saturated carbocycles. The van der Waals surface area contributed by atoms with Gasteiger partial charge in [-0.15, -0.1) is 11.8 Å². The molecule has 8 heteroatoms. The molecule has 6 nitrogen and oxygen atoms in total. The van der Waals surface area contributed by atoms with Gasteiger partial charge in [0, 0.05) is 54.9 Å². The first-order chi connectivity index (χ1) is 15.2. The van der Waals surface area contributed by atoms with Crippen LogP contribution in [0.5, 0.6) is 0 Å². The number of aromatic nitrogens is 3. The maximum atomic E-state index is 13.4. The molecule has 0 spiro atoms. The van der Waals surface area contributed by atoms with E-state index in [4.69, 9.17) is 0 Å². The Hall–Kier alpha value is -2.45. The van der Waals surface area contributed by atoms with Gasteiger partial charge in [-0.05, 0) is 36.8 Å². The van der Waals surface area contributed by atoms with Crippen molar-refractivity contribution < 1.29 is 9.18 Å². The van der Waals surface area contributed by atoms with Crippen molar-refractivity contribution in [2.45, 2.75) is 43.7 Å². The van der Waals surface area contributed by atoms with E-state index in [2.05, 4.69) is 30.9 Å². The number of piperazine rings is 1. The molecule has 31 heavy (non-hydrogen) atoms. The second-order valence-electron chi connectivity index (χ2n) is 7.90. The van der Waals surface area contributed by atoms with Gasteiger partial charge in [0.25, 0.3) is 0 Å². The van der Waals surface area contributed by atoms with E-state index in [0.717, 1.165) is 49.3 Å². The number of carbonyl (C=O) groups is 1. The van der Waals surface area contributed by atoms with Crippen molar-refractivity contribution in [3.63, 3.8) is 0 Å². The number of imidazole rings is 1. The number of benzene rings is 1. The molecular weight excluding hydrogens is 413 g/mol. The number of rotatable bonds is 10. The second-order valence-corrected chi connectivity index (χ2v) is 9.03. The minimum absolute atomic E-state index is 0.0925. The fourth-order valence-electron chi connectivity index (χ4n) is 3.82. The Balaban J connectivity index is 1.12. The monoisotopic (exact) mass is 441 g/mol. The van der Waals surface area contributed by atoms with Gasteiger partial charge in [0.2, 0.25) is 5.91 Å². The van der Waals surface area contributed by atoms with Crippen molar-refractivity contribution >= 4 is 28.6 Å². The highest BCUT2D eigenvalue weighted by molar-refractivity contribution is 7.99. The zero-order chi connectivity index (χ0) is 21.5. The Kier molecular flexibility index (Phi) is 7.53. The van der Waals surface area contributed by atoms with Gasteiger partial charge in [-0.3, -0.25) is 14.7 Å². The Morgan fingerprint density at radius 2 is 2.03 bits per heavy atom. The average molecular weight is 442 g/mol. The summed E-state index contributed by atoms with van der Waals surface area (Å²) in [6.07, 6.45) is 10.4. The summed E-state index contributed by atoms with van der Waals surface area (Å²) in [6, 6.07) is 6.82. The molecule has 164 valence electrons. The maximum absolute atomic E-state index is 13.4. The number of fused-ring (bicyclic) bond motifs is 1. The molecule has 1 amide bonds. The predicted octanol–water partition coefficient (Wildman–Crippen LogP) is 3.85. The maximum Gasteiger partial charge on any atom is 0.234 e. The van der Waals surface area contributed by atoms with Crippen LogP contribution in [0.4, 0.5) is 4.39 Å². The summed E-state index contributed by atoms with van der Waals surface area (Å²) in [4.78, 5) is 23.5. The Morgan fingerprint density at radius 3 is 2.94 bits per heavy atom. The lowest BCUT2D eigenvalue weighted by Crippen LogP contribution is -2.47. The molecule has 4 rings (SSSR count). The van der Waals surface area contributed by atoms with E-state index in [1.807, 2.05) is 30.2 Å². The third-order valence-corrected chi connectivity index (χ3v) is 6.58. The SMILES string of the molecule is O=C1CN(Cc2cn(CCCCCCSc3ccnc4cc(F)ccc34)cn2)CCN1. The van der Waals surface area contributed by atoms with Crippen molar-refractivity contribution in [1.29, 1.82) is 0 Å². The van der Waals surface area contributed by atoms with E-state index in [-0.39, 0.29) is 11.7 Å². The topological polar surface area (TPSA) is 63.1 Å². The molecule has 0 atom stereocenters. The number of unbranched alkanes of at least 4 members (excludes halogenated alkanes) is 3. The molecule has 1 aliphatic heterocycles. The Labute approximate surface area is 186 Å². The van der Waals surface area contributed by atoms with Crippen molar-refractivity contribution in [3.8, 4) is 0 Å². The van der Waals surface area contributed by atoms with E-state index in [1.165, 1.54) is 29.9 Å². The minimum atomic E-state index is -0.244. The molecular formula is C23H28FN5OS. The number of carbonyl (C=O) groups excluding carboxylic acids is 1. The first-order valence-electron chi connectivity index (χ1n) is 10.8. The van der Waals surface area contributed by atoms with Gasteiger partial charge in [0.15, 0.2) is 0 Å². The molecule has 1 saturated heterocycles. The summed E-state index contributed by atoms with van der Waals surface area (Å²) in [6.45, 7) is 3.75. The lowest BCUT2D eigenvalue weighted by molar-refractivity contribution is -0.124. The average Bonchev–Trinajstić information content (AvgIpc) is 3.20. The van der Waals surface area contributed by atoms with Crippen molar-refractivity contribution in [1.82, 2.24) is 24.8 Å². The highest BCUT2D eigenvalue weighted by atomic mass is 32.2. The largest absolute Gasteiger partial charge is 0.354 e. The number of aryl methyl sites for hydroxylation is 1. The molecule has 0 bridgehead atoms. The fraction of sp³-hybridized carbons (Fsp3) is 0.435. The van der Waals surface area contributed by atoms with Gasteiger partial charge in [0.1, 0.15) is 5.82 Å². The zero-order valence-electron chi connectivity index (χ0n) is 17.6. The summed E-state index contributed by atoms with van der Waals surface area (Å²) in [5.74, 6) is 0.899. The lowest BCUT2D eigenvalue weighted by Gasteiger charge is -2.25. The number of amides is 1. The number of thioether (sulfide) groups is 1. The van der Waals surface area contributed by atoms with Gasteiger partial charge in [0.05, 0.1) is 24.1 Å². The third-order valence-electron chi connectivity index (χ3n) is 5.42. The van der Waals surface area contributed by atoms with Gasteiger partial charge in [-0.25, -0.2) is 9.37 Å². The summed E-state index contributed by atoms with van der Waals surface area (Å²) in [5.41, 5.74) is 1.74. The number of nitrogens with zero attached hydrogens (tertiary/aromatic N) is 4. The quantitative estimate of drug-likeness (QED) is 0.382. The first kappa shape index (κ1) is 21.8. The lowest BCUT2D eigenvalue weighted by atomic mass is 10.2. The summed E-state index contributed by atoms with van der Waals surface area (Å²) in [5, 5.41) is 3.87. The van der Waals surface area contributed by atoms with Crippen LogP contribution in [-0.2, 0) is 17.9 Å². The summed E-state index contributed by atoms with van der Waals surface area (Å²) in [7, 11) is 0. The molecule has 3 aromatic rings. The van der Waals surface area contributed by atoms with E-state index >= 15 is 0 Å². The van der Waals surface area contributed by atoms with Gasteiger partial charge in [-0.1, -0.05) is 12.8 Å². The Morgan fingerprint density at radius 1 is 1.13 bits per heavy atom. The van der Waals surface area contributed by atoms with Crippen LogP contribution in [0.1, 0.15) is 31.4 Å². The van der Waals surface area contributed by atoms with Crippen LogP contribution in [0.2, 0.25) is 0 Å². The van der Waals surface area contributed by atoms with Crippen LogP contribution >= 0.6 is 11.8 Å². The van der Waals surface area contributed by atoms with Crippen LogP contribution in [0.3, 0.4) is 0 Å². The number of nitrogens with one attached hydrogen (secondary N) is 1. The van der Waals surface area contributed by atoms with Gasteiger partial charge < -0.3 is 9.88 Å². The Bertz CT molecular complexity index is 1020. The fourth-order valence-corrected chi connectivity index (χ4v) is 4.87. The van der Waals surface area contributed by atoms with E-state index in [9.17, 15) is 9.18 Å². The van der Waals surface area contributed by atoms with Crippen molar-refractivity contribution in [2.24, 2.45) is 0 Å². The molecule has 3 heterocycles. The van der Waals surface area contributed by atoms with Crippen LogP contribution in [0.15, 0.2) is 47.9 Å². The van der Waals surface area contributed by atoms with Crippen LogP contribution < -0.4 is 5.32 Å². The molecule has 1 fully saturated rings. The second kappa shape index (κ2) is 10.7. The molecule has 1 N–H and O–H groups in total. The van der Waals surface area contributed by atoms with Crippen molar-refractivity contribution in [3.05, 3.63) is 54.5 Å². The number of hydrogen-bond donors (Lipinski definition) is 1. The number of halogens is 1. The number of pyridine rings is 1. The molecule has 0 radical (unpaired) electrons.